The van der Waals surface area contributed by atoms with Gasteiger partial charge in [0.05, 0.1) is 0 Å². The first kappa shape index (κ1) is 8.53. The molecule has 0 aromatic rings. The first-order valence-electron chi connectivity index (χ1n) is 3.51. The number of cyclic esters (lactones) is 1. The minimum Gasteiger partial charge on any atom is -0.423 e. The summed E-state index contributed by atoms with van der Waals surface area (Å²) in [5, 5.41) is 0. The van der Waals surface area contributed by atoms with Gasteiger partial charge in [-0.05, 0) is 6.42 Å². The van der Waals surface area contributed by atoms with Gasteiger partial charge >= 0.3 is 5.97 Å². The first-order chi connectivity index (χ1) is 5.27. The van der Waals surface area contributed by atoms with Crippen molar-refractivity contribution in [1.82, 2.24) is 0 Å². The van der Waals surface area contributed by atoms with E-state index in [1.807, 2.05) is 0 Å². The fraction of sp³-hybridized carbons (Fsp3) is 0.375. The van der Waals surface area contributed by atoms with Crippen LogP contribution in [0, 0.1) is 0 Å². The zero-order valence-corrected chi connectivity index (χ0v) is 7.85. The van der Waals surface area contributed by atoms with Crippen LogP contribution in [-0.4, -0.2) is 5.97 Å². The van der Waals surface area contributed by atoms with Crippen molar-refractivity contribution in [3.05, 3.63) is 22.4 Å². The molecule has 1 aliphatic heterocycles. The van der Waals surface area contributed by atoms with Crippen molar-refractivity contribution in [3.8, 4) is 0 Å². The summed E-state index contributed by atoms with van der Waals surface area (Å²) < 4.78 is 4.86. The fourth-order valence-corrected chi connectivity index (χ4v) is 1.36. The highest BCUT2D eigenvalue weighted by atomic mass is 79.9. The third-order valence-electron chi connectivity index (χ3n) is 1.44. The molecule has 3 heteroatoms. The van der Waals surface area contributed by atoms with E-state index in [9.17, 15) is 4.79 Å². The van der Waals surface area contributed by atoms with Crippen LogP contribution in [0.4, 0.5) is 0 Å². The maximum Gasteiger partial charge on any atom is 0.336 e. The zero-order valence-electron chi connectivity index (χ0n) is 6.26. The molecule has 0 aliphatic carbocycles. The number of carbonyl (C=O) groups excluding carboxylic acids is 1. The van der Waals surface area contributed by atoms with Gasteiger partial charge in [0, 0.05) is 16.6 Å². The van der Waals surface area contributed by atoms with Crippen molar-refractivity contribution in [2.45, 2.75) is 19.8 Å². The average molecular weight is 217 g/mol. The number of hydrogen-bond donors (Lipinski definition) is 0. The molecule has 60 valence electrons. The summed E-state index contributed by atoms with van der Waals surface area (Å²) in [6.45, 7) is 2.06. The highest BCUT2D eigenvalue weighted by molar-refractivity contribution is 9.11. The average Bonchev–Trinajstić information content (AvgIpc) is 2.32. The monoisotopic (exact) mass is 216 g/mol. The predicted molar refractivity (Wildman–Crippen MR) is 46.1 cm³/mol. The largest absolute Gasteiger partial charge is 0.423 e. The lowest BCUT2D eigenvalue weighted by Gasteiger charge is -1.99. The van der Waals surface area contributed by atoms with E-state index in [0.29, 0.717) is 5.76 Å². The second-order valence-electron chi connectivity index (χ2n) is 2.31. The molecule has 0 aromatic heterocycles. The van der Waals surface area contributed by atoms with Gasteiger partial charge in [0.1, 0.15) is 5.76 Å². The van der Waals surface area contributed by atoms with Crippen LogP contribution in [0.15, 0.2) is 22.4 Å². The topological polar surface area (TPSA) is 26.3 Å². The number of ether oxygens (including phenoxy) is 1. The van der Waals surface area contributed by atoms with E-state index < -0.39 is 0 Å². The number of allylic oxidation sites excluding steroid dienone is 1. The molecule has 0 radical (unpaired) electrons. The summed E-state index contributed by atoms with van der Waals surface area (Å²) in [4.78, 5) is 12.4. The lowest BCUT2D eigenvalue weighted by atomic mass is 10.1. The number of hydrogen-bond acceptors (Lipinski definition) is 2. The summed E-state index contributed by atoms with van der Waals surface area (Å²) in [5.74, 6) is 0.385. The molecule has 11 heavy (non-hydrogen) atoms. The van der Waals surface area contributed by atoms with Crippen molar-refractivity contribution in [2.75, 3.05) is 0 Å². The molecule has 0 saturated heterocycles. The van der Waals surface area contributed by atoms with Gasteiger partial charge in [-0.15, -0.1) is 0 Å². The molecule has 0 spiro atoms. The summed E-state index contributed by atoms with van der Waals surface area (Å²) >= 11 is 3.13. The number of halogens is 1. The Morgan fingerprint density at radius 1 is 1.73 bits per heavy atom. The maximum atomic E-state index is 10.7. The molecule has 0 saturated carbocycles. The molecular weight excluding hydrogens is 208 g/mol. The van der Waals surface area contributed by atoms with E-state index in [1.54, 1.807) is 4.99 Å². The second-order valence-corrected chi connectivity index (χ2v) is 2.77. The van der Waals surface area contributed by atoms with Crippen molar-refractivity contribution < 1.29 is 9.53 Å². The number of rotatable bonds is 2. The Hall–Kier alpha value is -0.570. The third kappa shape index (κ3) is 1.93. The van der Waals surface area contributed by atoms with Gasteiger partial charge in [0.25, 0.3) is 0 Å². The van der Waals surface area contributed by atoms with Crippen molar-refractivity contribution >= 4 is 21.9 Å². The fourth-order valence-electron chi connectivity index (χ4n) is 0.974. The van der Waals surface area contributed by atoms with E-state index in [-0.39, 0.29) is 5.97 Å². The molecule has 0 N–H and O–H groups in total. The van der Waals surface area contributed by atoms with Crippen LogP contribution in [0.25, 0.3) is 0 Å². The van der Waals surface area contributed by atoms with Crippen LogP contribution in [0.1, 0.15) is 19.8 Å². The van der Waals surface area contributed by atoms with Crippen molar-refractivity contribution in [2.24, 2.45) is 0 Å². The SMILES string of the molecule is CCCC1=CC(=O)OC1=CBr. The van der Waals surface area contributed by atoms with E-state index in [2.05, 4.69) is 22.9 Å². The molecule has 0 fully saturated rings. The molecule has 1 rings (SSSR count). The molecule has 2 nitrogen and oxygen atoms in total. The molecule has 0 aromatic carbocycles. The molecular formula is C8H9BrO2. The summed E-state index contributed by atoms with van der Waals surface area (Å²) in [5.41, 5.74) is 0.981. The Morgan fingerprint density at radius 2 is 2.45 bits per heavy atom. The first-order valence-corrected chi connectivity index (χ1v) is 4.42. The Bertz CT molecular complexity index is 228. The molecule has 1 heterocycles. The van der Waals surface area contributed by atoms with Crippen LogP contribution in [-0.2, 0) is 9.53 Å². The number of carbonyl (C=O) groups is 1. The lowest BCUT2D eigenvalue weighted by molar-refractivity contribution is -0.132. The molecule has 0 unspecified atom stereocenters. The van der Waals surface area contributed by atoms with Crippen LogP contribution in [0.2, 0.25) is 0 Å². The Labute approximate surface area is 74.1 Å². The van der Waals surface area contributed by atoms with Crippen LogP contribution in [0.5, 0.6) is 0 Å². The quantitative estimate of drug-likeness (QED) is 0.664. The van der Waals surface area contributed by atoms with Gasteiger partial charge < -0.3 is 4.74 Å². The highest BCUT2D eigenvalue weighted by Gasteiger charge is 2.17. The van der Waals surface area contributed by atoms with Gasteiger partial charge in [0.2, 0.25) is 0 Å². The molecule has 0 amide bonds. The smallest absolute Gasteiger partial charge is 0.336 e. The van der Waals surface area contributed by atoms with Gasteiger partial charge in [-0.2, -0.15) is 0 Å². The van der Waals surface area contributed by atoms with Crippen LogP contribution in [0.3, 0.4) is 0 Å². The minimum atomic E-state index is -0.265. The number of esters is 1. The molecule has 0 atom stereocenters. The normalized spacial score (nSPS) is 20.4. The van der Waals surface area contributed by atoms with Gasteiger partial charge in [0.15, 0.2) is 0 Å². The summed E-state index contributed by atoms with van der Waals surface area (Å²) in [6, 6.07) is 0. The van der Waals surface area contributed by atoms with Gasteiger partial charge in [-0.25, -0.2) is 4.79 Å². The van der Waals surface area contributed by atoms with E-state index >= 15 is 0 Å². The Balaban J connectivity index is 2.74. The highest BCUT2D eigenvalue weighted by Crippen LogP contribution is 2.24. The Morgan fingerprint density at radius 3 is 3.00 bits per heavy atom. The lowest BCUT2D eigenvalue weighted by Crippen LogP contribution is -1.89. The van der Waals surface area contributed by atoms with Gasteiger partial charge in [-0.3, -0.25) is 0 Å². The van der Waals surface area contributed by atoms with Crippen molar-refractivity contribution in [3.63, 3.8) is 0 Å². The maximum absolute atomic E-state index is 10.7. The predicted octanol–water partition coefficient (Wildman–Crippen LogP) is 2.51. The summed E-state index contributed by atoms with van der Waals surface area (Å²) in [6.07, 6.45) is 3.45. The van der Waals surface area contributed by atoms with E-state index in [1.165, 1.54) is 6.08 Å². The standard InChI is InChI=1S/C8H9BrO2/c1-2-3-6-4-8(10)11-7(6)5-9/h4-5H,2-3H2,1H3. The Kier molecular flexibility index (Phi) is 2.88. The van der Waals surface area contributed by atoms with Gasteiger partial charge in [-0.1, -0.05) is 29.3 Å². The third-order valence-corrected chi connectivity index (χ3v) is 1.85. The van der Waals surface area contributed by atoms with Crippen LogP contribution < -0.4 is 0 Å². The van der Waals surface area contributed by atoms with E-state index in [0.717, 1.165) is 18.4 Å². The summed E-state index contributed by atoms with van der Waals surface area (Å²) in [7, 11) is 0. The van der Waals surface area contributed by atoms with Crippen LogP contribution >= 0.6 is 15.9 Å². The molecule has 1 aliphatic rings. The minimum absolute atomic E-state index is 0.265. The zero-order chi connectivity index (χ0) is 8.27. The van der Waals surface area contributed by atoms with E-state index in [4.69, 9.17) is 4.74 Å². The van der Waals surface area contributed by atoms with Crippen molar-refractivity contribution in [1.29, 1.82) is 0 Å². The molecule has 0 bridgehead atoms. The second kappa shape index (κ2) is 3.72.